The second-order valence-corrected chi connectivity index (χ2v) is 4.55. The summed E-state index contributed by atoms with van der Waals surface area (Å²) in [6, 6.07) is 10.1. The summed E-state index contributed by atoms with van der Waals surface area (Å²) in [5.74, 6) is -1.25. The molecule has 0 radical (unpaired) electrons. The molecule has 0 saturated heterocycles. The maximum absolute atomic E-state index is 13.5. The first-order valence-electron chi connectivity index (χ1n) is 6.73. The van der Waals surface area contributed by atoms with E-state index in [4.69, 9.17) is 14.2 Å². The van der Waals surface area contributed by atoms with Crippen LogP contribution in [-0.2, 0) is 4.74 Å². The van der Waals surface area contributed by atoms with Crippen LogP contribution in [0.5, 0.6) is 11.5 Å². The van der Waals surface area contributed by atoms with Gasteiger partial charge >= 0.3 is 5.97 Å². The summed E-state index contributed by atoms with van der Waals surface area (Å²) < 4.78 is 28.6. The van der Waals surface area contributed by atoms with Crippen molar-refractivity contribution in [3.05, 3.63) is 59.4 Å². The molecule has 0 atom stereocenters. The van der Waals surface area contributed by atoms with Gasteiger partial charge in [0.15, 0.2) is 6.61 Å². The molecule has 0 amide bonds. The van der Waals surface area contributed by atoms with Gasteiger partial charge < -0.3 is 14.2 Å². The number of carbonyl (C=O) groups excluding carboxylic acids is 2. The van der Waals surface area contributed by atoms with Gasteiger partial charge in [-0.15, -0.1) is 0 Å². The van der Waals surface area contributed by atoms with E-state index in [9.17, 15) is 14.0 Å². The fraction of sp³-hybridized carbons (Fsp3) is 0.176. The Labute approximate surface area is 132 Å². The Hall–Kier alpha value is -2.89. The van der Waals surface area contributed by atoms with Crippen molar-refractivity contribution in [2.24, 2.45) is 0 Å². The second-order valence-electron chi connectivity index (χ2n) is 4.55. The molecule has 0 aromatic heterocycles. The topological polar surface area (TPSA) is 61.8 Å². The number of ketones is 1. The minimum absolute atomic E-state index is 0.123. The zero-order chi connectivity index (χ0) is 16.8. The minimum Gasteiger partial charge on any atom is -0.497 e. The van der Waals surface area contributed by atoms with Gasteiger partial charge in [-0.2, -0.15) is 0 Å². The third-order valence-electron chi connectivity index (χ3n) is 3.14. The van der Waals surface area contributed by atoms with Crippen molar-refractivity contribution in [1.29, 1.82) is 0 Å². The summed E-state index contributed by atoms with van der Waals surface area (Å²) in [5.41, 5.74) is 0.0247. The van der Waals surface area contributed by atoms with Gasteiger partial charge in [0, 0.05) is 6.07 Å². The third kappa shape index (κ3) is 3.85. The number of esters is 1. The van der Waals surface area contributed by atoms with Crippen molar-refractivity contribution < 1.29 is 28.2 Å². The lowest BCUT2D eigenvalue weighted by atomic mass is 10.1. The Morgan fingerprint density at radius 1 is 1.00 bits per heavy atom. The van der Waals surface area contributed by atoms with Gasteiger partial charge in [-0.1, -0.05) is 12.1 Å². The number of Topliss-reactive ketones (excluding diaryl/α,β-unsaturated/α-hetero) is 1. The van der Waals surface area contributed by atoms with Crippen molar-refractivity contribution in [3.63, 3.8) is 0 Å². The summed E-state index contributed by atoms with van der Waals surface area (Å²) >= 11 is 0. The Kier molecular flexibility index (Phi) is 5.30. The first-order chi connectivity index (χ1) is 11.1. The number of rotatable bonds is 6. The summed E-state index contributed by atoms with van der Waals surface area (Å²) in [4.78, 5) is 23.9. The summed E-state index contributed by atoms with van der Waals surface area (Å²) in [6.45, 7) is -0.561. The SMILES string of the molecule is COc1ccc(C(=O)OCC(=O)c2ccccc2F)c(OC)c1. The van der Waals surface area contributed by atoms with Crippen LogP contribution < -0.4 is 9.47 Å². The molecular formula is C17H15FO5. The van der Waals surface area contributed by atoms with Gasteiger partial charge in [0.1, 0.15) is 22.9 Å². The van der Waals surface area contributed by atoms with Crippen molar-refractivity contribution in [2.75, 3.05) is 20.8 Å². The third-order valence-corrected chi connectivity index (χ3v) is 3.14. The molecule has 0 unspecified atom stereocenters. The number of halogens is 1. The Morgan fingerprint density at radius 2 is 1.74 bits per heavy atom. The van der Waals surface area contributed by atoms with Gasteiger partial charge in [-0.25, -0.2) is 9.18 Å². The molecule has 0 aliphatic rings. The van der Waals surface area contributed by atoms with Gasteiger partial charge in [-0.05, 0) is 24.3 Å². The average Bonchev–Trinajstić information content (AvgIpc) is 2.59. The molecule has 120 valence electrons. The molecule has 0 bridgehead atoms. The molecule has 5 nitrogen and oxygen atoms in total. The molecule has 0 N–H and O–H groups in total. The second kappa shape index (κ2) is 7.40. The highest BCUT2D eigenvalue weighted by molar-refractivity contribution is 6.00. The zero-order valence-electron chi connectivity index (χ0n) is 12.7. The Balaban J connectivity index is 2.08. The van der Waals surface area contributed by atoms with Gasteiger partial charge in [0.2, 0.25) is 5.78 Å². The predicted octanol–water partition coefficient (Wildman–Crippen LogP) is 2.88. The molecule has 0 fully saturated rings. The maximum Gasteiger partial charge on any atom is 0.342 e. The van der Waals surface area contributed by atoms with Gasteiger partial charge in [0.05, 0.1) is 19.8 Å². The molecule has 0 saturated carbocycles. The van der Waals surface area contributed by atoms with Crippen molar-refractivity contribution in [1.82, 2.24) is 0 Å². The lowest BCUT2D eigenvalue weighted by Gasteiger charge is -2.10. The molecule has 0 aliphatic heterocycles. The first-order valence-corrected chi connectivity index (χ1v) is 6.73. The standard InChI is InChI=1S/C17H15FO5/c1-21-11-7-8-13(16(9-11)22-2)17(20)23-10-15(19)12-5-3-4-6-14(12)18/h3-9H,10H2,1-2H3. The Morgan fingerprint density at radius 3 is 2.39 bits per heavy atom. The number of hydrogen-bond acceptors (Lipinski definition) is 5. The van der Waals surface area contributed by atoms with Crippen LogP contribution >= 0.6 is 0 Å². The van der Waals surface area contributed by atoms with E-state index >= 15 is 0 Å². The van der Waals surface area contributed by atoms with E-state index < -0.39 is 24.2 Å². The largest absolute Gasteiger partial charge is 0.497 e. The highest BCUT2D eigenvalue weighted by Crippen LogP contribution is 2.25. The van der Waals surface area contributed by atoms with Crippen LogP contribution in [0.1, 0.15) is 20.7 Å². The highest BCUT2D eigenvalue weighted by Gasteiger charge is 2.18. The zero-order valence-corrected chi connectivity index (χ0v) is 12.7. The molecule has 0 heterocycles. The van der Waals surface area contributed by atoms with Crippen molar-refractivity contribution >= 4 is 11.8 Å². The molecule has 6 heteroatoms. The van der Waals surface area contributed by atoms with Crippen LogP contribution in [0.25, 0.3) is 0 Å². The number of carbonyl (C=O) groups is 2. The quantitative estimate of drug-likeness (QED) is 0.605. The lowest BCUT2D eigenvalue weighted by Crippen LogP contribution is -2.16. The molecule has 2 rings (SSSR count). The molecule has 2 aromatic carbocycles. The van der Waals surface area contributed by atoms with Crippen molar-refractivity contribution in [3.8, 4) is 11.5 Å². The minimum atomic E-state index is -0.741. The van der Waals surface area contributed by atoms with E-state index in [2.05, 4.69) is 0 Å². The van der Waals surface area contributed by atoms with E-state index in [1.165, 1.54) is 50.6 Å². The summed E-state index contributed by atoms with van der Waals surface area (Å²) in [7, 11) is 2.88. The van der Waals surface area contributed by atoms with E-state index in [1.807, 2.05) is 0 Å². The smallest absolute Gasteiger partial charge is 0.342 e. The van der Waals surface area contributed by atoms with E-state index in [1.54, 1.807) is 6.07 Å². The van der Waals surface area contributed by atoms with Gasteiger partial charge in [0.25, 0.3) is 0 Å². The van der Waals surface area contributed by atoms with E-state index in [-0.39, 0.29) is 16.9 Å². The van der Waals surface area contributed by atoms with E-state index in [0.717, 1.165) is 0 Å². The van der Waals surface area contributed by atoms with Crippen LogP contribution in [0.15, 0.2) is 42.5 Å². The summed E-state index contributed by atoms with van der Waals surface area (Å²) in [5, 5.41) is 0. The van der Waals surface area contributed by atoms with Gasteiger partial charge in [-0.3, -0.25) is 4.79 Å². The number of hydrogen-bond donors (Lipinski definition) is 0. The molecule has 23 heavy (non-hydrogen) atoms. The maximum atomic E-state index is 13.5. The van der Waals surface area contributed by atoms with Crippen LogP contribution in [0.4, 0.5) is 4.39 Å². The average molecular weight is 318 g/mol. The van der Waals surface area contributed by atoms with Crippen molar-refractivity contribution in [2.45, 2.75) is 0 Å². The first kappa shape index (κ1) is 16.5. The van der Waals surface area contributed by atoms with Crippen LogP contribution in [0.2, 0.25) is 0 Å². The highest BCUT2D eigenvalue weighted by atomic mass is 19.1. The number of ether oxygens (including phenoxy) is 3. The Bertz CT molecular complexity index is 727. The fourth-order valence-corrected chi connectivity index (χ4v) is 1.94. The van der Waals surface area contributed by atoms with Crippen LogP contribution in [-0.4, -0.2) is 32.6 Å². The number of methoxy groups -OCH3 is 2. The number of benzene rings is 2. The fourth-order valence-electron chi connectivity index (χ4n) is 1.94. The lowest BCUT2D eigenvalue weighted by molar-refractivity contribution is 0.0470. The van der Waals surface area contributed by atoms with Crippen LogP contribution in [0.3, 0.4) is 0 Å². The molecule has 0 aliphatic carbocycles. The molecule has 2 aromatic rings. The predicted molar refractivity (Wildman–Crippen MR) is 80.6 cm³/mol. The van der Waals surface area contributed by atoms with E-state index in [0.29, 0.717) is 5.75 Å². The normalized spacial score (nSPS) is 10.0. The van der Waals surface area contributed by atoms with Crippen LogP contribution in [0, 0.1) is 5.82 Å². The monoisotopic (exact) mass is 318 g/mol. The molecule has 0 spiro atoms. The molecular weight excluding hydrogens is 303 g/mol. The summed E-state index contributed by atoms with van der Waals surface area (Å²) in [6.07, 6.45) is 0.